The molecule has 1 unspecified atom stereocenters. The topological polar surface area (TPSA) is 81.7 Å². The van der Waals surface area contributed by atoms with Crippen LogP contribution in [0.15, 0.2) is 12.2 Å². The van der Waals surface area contributed by atoms with Gasteiger partial charge in [-0.2, -0.15) is 0 Å². The summed E-state index contributed by atoms with van der Waals surface area (Å²) < 4.78 is 39.9. The Hall–Kier alpha value is -0.813. The molecule has 1 atom stereocenters. The van der Waals surface area contributed by atoms with E-state index in [1.165, 1.54) is 0 Å². The van der Waals surface area contributed by atoms with Crippen molar-refractivity contribution in [1.82, 2.24) is 0 Å². The molecule has 0 aliphatic carbocycles. The molecule has 0 saturated carbocycles. The van der Waals surface area contributed by atoms with Crippen LogP contribution in [0.2, 0.25) is 0 Å². The number of hydrogen-bond acceptors (Lipinski definition) is 8. The Bertz CT molecular complexity index is 387. The fraction of sp³-hybridized carbons (Fsp3) is 0.842. The Kier molecular flexibility index (Phi) is 16.6. The molecule has 0 N–H and O–H groups in total. The predicted molar refractivity (Wildman–Crippen MR) is 108 cm³/mol. The number of carbonyl (C=O) groups is 1. The van der Waals surface area contributed by atoms with Crippen LogP contribution in [0.1, 0.15) is 41.0 Å². The lowest BCUT2D eigenvalue weighted by atomic mass is 10.4. The van der Waals surface area contributed by atoms with E-state index < -0.39 is 20.5 Å². The van der Waals surface area contributed by atoms with Crippen molar-refractivity contribution in [3.8, 4) is 0 Å². The molecule has 0 spiro atoms. The quantitative estimate of drug-likeness (QED) is 0.136. The van der Waals surface area contributed by atoms with Gasteiger partial charge >= 0.3 is 14.8 Å². The van der Waals surface area contributed by atoms with E-state index in [0.717, 1.165) is 0 Å². The van der Waals surface area contributed by atoms with Gasteiger partial charge in [0.1, 0.15) is 0 Å². The van der Waals surface area contributed by atoms with Gasteiger partial charge in [0.2, 0.25) is 0 Å². The normalized spacial score (nSPS) is 12.8. The number of carbonyl (C=O) groups excluding carboxylic acids is 1. The Morgan fingerprint density at radius 2 is 1.18 bits per heavy atom. The zero-order valence-corrected chi connectivity index (χ0v) is 19.1. The second-order valence-corrected chi connectivity index (χ2v) is 8.54. The minimum atomic E-state index is -3.41. The van der Waals surface area contributed by atoms with Crippen LogP contribution in [0.3, 0.4) is 0 Å². The summed E-state index contributed by atoms with van der Waals surface area (Å²) in [5, 5.41) is 0. The second kappa shape index (κ2) is 17.1. The molecule has 166 valence electrons. The first-order valence-corrected chi connectivity index (χ1v) is 11.8. The molecule has 9 heteroatoms. The highest BCUT2D eigenvalue weighted by Crippen LogP contribution is 2.22. The van der Waals surface area contributed by atoms with Crippen molar-refractivity contribution in [2.45, 2.75) is 46.8 Å². The number of hydrogen-bond donors (Lipinski definition) is 0. The minimum Gasteiger partial charge on any atom is -0.454 e. The summed E-state index contributed by atoms with van der Waals surface area (Å²) in [7, 11) is -3.41. The second-order valence-electron chi connectivity index (χ2n) is 5.82. The fourth-order valence-corrected chi connectivity index (χ4v) is 4.86. The lowest BCUT2D eigenvalue weighted by Crippen LogP contribution is -2.59. The summed E-state index contributed by atoms with van der Waals surface area (Å²) in [5.41, 5.74) is -0.360. The third kappa shape index (κ3) is 11.3. The minimum absolute atomic E-state index is 0.268. The van der Waals surface area contributed by atoms with E-state index in [2.05, 4.69) is 6.58 Å². The maximum Gasteiger partial charge on any atom is 0.544 e. The van der Waals surface area contributed by atoms with E-state index in [-0.39, 0.29) is 19.8 Å². The maximum atomic E-state index is 12.1. The van der Waals surface area contributed by atoms with Crippen LogP contribution in [-0.4, -0.2) is 80.0 Å². The van der Waals surface area contributed by atoms with Crippen molar-refractivity contribution in [2.75, 3.05) is 59.5 Å². The molecule has 28 heavy (non-hydrogen) atoms. The Morgan fingerprint density at radius 3 is 1.46 bits per heavy atom. The van der Waals surface area contributed by atoms with Crippen molar-refractivity contribution in [1.29, 1.82) is 0 Å². The van der Waals surface area contributed by atoms with Gasteiger partial charge in [0.05, 0.1) is 39.6 Å². The van der Waals surface area contributed by atoms with Crippen LogP contribution in [-0.2, 0) is 37.0 Å². The zero-order valence-electron chi connectivity index (χ0n) is 18.1. The summed E-state index contributed by atoms with van der Waals surface area (Å²) in [5.74, 6) is -0.501. The molecule has 0 aliphatic rings. The van der Waals surface area contributed by atoms with E-state index in [4.69, 9.17) is 32.2 Å². The molecule has 8 nitrogen and oxygen atoms in total. The van der Waals surface area contributed by atoms with Gasteiger partial charge in [0.15, 0.2) is 5.73 Å². The maximum absolute atomic E-state index is 12.1. The average molecular weight is 423 g/mol. The van der Waals surface area contributed by atoms with Gasteiger partial charge in [0.25, 0.3) is 0 Å². The summed E-state index contributed by atoms with van der Waals surface area (Å²) in [4.78, 5) is 12.1. The zero-order chi connectivity index (χ0) is 21.3. The highest BCUT2D eigenvalue weighted by atomic mass is 28.4. The first kappa shape index (κ1) is 27.2. The highest BCUT2D eigenvalue weighted by molar-refractivity contribution is 6.62. The summed E-state index contributed by atoms with van der Waals surface area (Å²) in [6, 6.07) is 0. The number of ether oxygens (including phenoxy) is 4. The Morgan fingerprint density at radius 1 is 0.786 bits per heavy atom. The molecular formula is C19H38O8Si. The van der Waals surface area contributed by atoms with E-state index in [1.54, 1.807) is 6.92 Å². The highest BCUT2D eigenvalue weighted by Gasteiger charge is 2.52. The van der Waals surface area contributed by atoms with Gasteiger partial charge in [-0.15, -0.1) is 0 Å². The van der Waals surface area contributed by atoms with Gasteiger partial charge in [-0.25, -0.2) is 4.79 Å². The molecule has 0 radical (unpaired) electrons. The summed E-state index contributed by atoms with van der Waals surface area (Å²) in [6.45, 7) is 16.6. The molecule has 0 saturated heterocycles. The molecule has 0 fully saturated rings. The lowest BCUT2D eigenvalue weighted by Gasteiger charge is -2.35. The third-order valence-electron chi connectivity index (χ3n) is 3.57. The molecule has 0 amide bonds. The first-order valence-electron chi connectivity index (χ1n) is 9.98. The molecule has 0 aromatic rings. The van der Waals surface area contributed by atoms with Crippen molar-refractivity contribution in [3.63, 3.8) is 0 Å². The molecule has 0 aromatic carbocycles. The van der Waals surface area contributed by atoms with Gasteiger partial charge in [-0.1, -0.05) is 13.5 Å². The van der Waals surface area contributed by atoms with Crippen molar-refractivity contribution >= 4 is 14.8 Å². The van der Waals surface area contributed by atoms with Crippen LogP contribution in [0, 0.1) is 0 Å². The lowest BCUT2D eigenvalue weighted by molar-refractivity contribution is -0.145. The van der Waals surface area contributed by atoms with Gasteiger partial charge in [-0.05, 0) is 34.1 Å². The first-order chi connectivity index (χ1) is 13.5. The molecule has 0 aromatic heterocycles. The molecule has 0 aliphatic heterocycles. The smallest absolute Gasteiger partial charge is 0.454 e. The molecule has 0 bridgehead atoms. The van der Waals surface area contributed by atoms with Gasteiger partial charge in [-0.3, -0.25) is 0 Å². The monoisotopic (exact) mass is 422 g/mol. The SMILES string of the molecule is C=C(C)C(=O)OC(CC)[Si](OCCOCC)(OCCOCC)OCCOCC. The molecule has 0 heterocycles. The van der Waals surface area contributed by atoms with Crippen molar-refractivity contribution in [3.05, 3.63) is 12.2 Å². The van der Waals surface area contributed by atoms with Crippen molar-refractivity contribution in [2.24, 2.45) is 0 Å². The van der Waals surface area contributed by atoms with Crippen LogP contribution in [0.4, 0.5) is 0 Å². The standard InChI is InChI=1S/C19H38O8Si/c1-7-18(27-19(20)17(5)6)28(24-14-11-21-8-2,25-15-12-22-9-3)26-16-13-23-10-4/h18H,5,7-16H2,1-4,6H3. The van der Waals surface area contributed by atoms with Crippen LogP contribution in [0.5, 0.6) is 0 Å². The fourth-order valence-electron chi connectivity index (χ4n) is 2.20. The predicted octanol–water partition coefficient (Wildman–Crippen LogP) is 2.52. The molecular weight excluding hydrogens is 384 g/mol. The number of rotatable bonds is 19. The van der Waals surface area contributed by atoms with Crippen molar-refractivity contribution < 1.29 is 37.0 Å². The number of esters is 1. The van der Waals surface area contributed by atoms with E-state index >= 15 is 0 Å². The summed E-state index contributed by atoms with van der Waals surface area (Å²) in [6.07, 6.45) is 0.475. The van der Waals surface area contributed by atoms with E-state index in [0.29, 0.717) is 51.6 Å². The summed E-state index contributed by atoms with van der Waals surface area (Å²) >= 11 is 0. The largest absolute Gasteiger partial charge is 0.544 e. The van der Waals surface area contributed by atoms with E-state index in [9.17, 15) is 4.79 Å². The Balaban J connectivity index is 5.38. The third-order valence-corrected chi connectivity index (χ3v) is 6.70. The average Bonchev–Trinajstić information content (AvgIpc) is 2.69. The van der Waals surface area contributed by atoms with Gasteiger partial charge in [0, 0.05) is 25.4 Å². The van der Waals surface area contributed by atoms with Gasteiger partial charge < -0.3 is 32.2 Å². The Labute approximate surface area is 170 Å². The van der Waals surface area contributed by atoms with Crippen LogP contribution in [0.25, 0.3) is 0 Å². The molecule has 0 rings (SSSR count). The van der Waals surface area contributed by atoms with Crippen LogP contribution < -0.4 is 0 Å². The van der Waals surface area contributed by atoms with E-state index in [1.807, 2.05) is 27.7 Å². The van der Waals surface area contributed by atoms with Crippen LogP contribution >= 0.6 is 0 Å².